The topological polar surface area (TPSA) is 55.8 Å². The molecule has 0 aliphatic rings. The number of carbonyl (C=O) groups is 1. The molecule has 0 saturated heterocycles. The molecule has 1 aromatic rings. The molecule has 0 heterocycles. The lowest BCUT2D eigenvalue weighted by Gasteiger charge is -2.09. The second-order valence-corrected chi connectivity index (χ2v) is 3.68. The Balaban J connectivity index is 2.46. The third-order valence-electron chi connectivity index (χ3n) is 2.32. The van der Waals surface area contributed by atoms with Crippen LogP contribution in [0.4, 0.5) is 0 Å². The van der Waals surface area contributed by atoms with Gasteiger partial charge < -0.3 is 14.6 Å². The molecule has 0 aliphatic heterocycles. The monoisotopic (exact) mass is 238 g/mol. The molecule has 0 unspecified atom stereocenters. The van der Waals surface area contributed by atoms with Crippen molar-refractivity contribution in [1.82, 2.24) is 0 Å². The van der Waals surface area contributed by atoms with Crippen LogP contribution in [0.1, 0.15) is 29.3 Å². The van der Waals surface area contributed by atoms with Gasteiger partial charge in [-0.1, -0.05) is 0 Å². The molecule has 4 heteroatoms. The molecule has 0 bridgehead atoms. The van der Waals surface area contributed by atoms with E-state index in [1.807, 2.05) is 13.8 Å². The molecule has 1 rings (SSSR count). The van der Waals surface area contributed by atoms with Gasteiger partial charge in [-0.05, 0) is 37.6 Å². The molecule has 1 N–H and O–H groups in total. The van der Waals surface area contributed by atoms with Gasteiger partial charge in [0.1, 0.15) is 5.75 Å². The molecule has 0 fully saturated rings. The highest BCUT2D eigenvalue weighted by molar-refractivity contribution is 5.88. The average molecular weight is 238 g/mol. The number of benzene rings is 1. The van der Waals surface area contributed by atoms with Gasteiger partial charge in [-0.25, -0.2) is 4.79 Å². The van der Waals surface area contributed by atoms with Crippen molar-refractivity contribution in [2.24, 2.45) is 0 Å². The Morgan fingerprint density at radius 1 is 1.35 bits per heavy atom. The second kappa shape index (κ2) is 6.91. The maximum absolute atomic E-state index is 10.7. The zero-order valence-electron chi connectivity index (χ0n) is 10.2. The predicted molar refractivity (Wildman–Crippen MR) is 64.7 cm³/mol. The molecule has 4 nitrogen and oxygen atoms in total. The third-order valence-corrected chi connectivity index (χ3v) is 2.32. The quantitative estimate of drug-likeness (QED) is 0.741. The van der Waals surface area contributed by atoms with E-state index in [1.54, 1.807) is 18.2 Å². The number of ether oxygens (including phenoxy) is 2. The van der Waals surface area contributed by atoms with Crippen LogP contribution in [-0.2, 0) is 4.74 Å². The first kappa shape index (κ1) is 13.5. The maximum atomic E-state index is 10.7. The fraction of sp³-hybridized carbons (Fsp3) is 0.462. The fourth-order valence-electron chi connectivity index (χ4n) is 1.43. The van der Waals surface area contributed by atoms with E-state index < -0.39 is 5.97 Å². The van der Waals surface area contributed by atoms with Crippen LogP contribution in [0.25, 0.3) is 0 Å². The van der Waals surface area contributed by atoms with Gasteiger partial charge >= 0.3 is 5.97 Å². The maximum Gasteiger partial charge on any atom is 0.335 e. The van der Waals surface area contributed by atoms with E-state index in [1.165, 1.54) is 0 Å². The molecule has 0 aliphatic carbocycles. The number of carboxylic acid groups (broad SMARTS) is 1. The summed E-state index contributed by atoms with van der Waals surface area (Å²) < 4.78 is 10.7. The summed E-state index contributed by atoms with van der Waals surface area (Å²) in [6.45, 7) is 5.77. The molecule has 0 radical (unpaired) electrons. The summed E-state index contributed by atoms with van der Waals surface area (Å²) in [6.07, 6.45) is 0.827. The van der Waals surface area contributed by atoms with Crippen LogP contribution >= 0.6 is 0 Å². The third kappa shape index (κ3) is 4.44. The molecule has 94 valence electrons. The van der Waals surface area contributed by atoms with Crippen molar-refractivity contribution in [3.05, 3.63) is 29.3 Å². The van der Waals surface area contributed by atoms with Gasteiger partial charge in [0.2, 0.25) is 0 Å². The Morgan fingerprint density at radius 2 is 2.12 bits per heavy atom. The summed E-state index contributed by atoms with van der Waals surface area (Å²) in [5.41, 5.74) is 1.12. The highest BCUT2D eigenvalue weighted by Gasteiger charge is 2.06. The van der Waals surface area contributed by atoms with Crippen LogP contribution in [0.15, 0.2) is 18.2 Å². The van der Waals surface area contributed by atoms with Crippen molar-refractivity contribution in [3.8, 4) is 5.75 Å². The van der Waals surface area contributed by atoms with Crippen molar-refractivity contribution in [1.29, 1.82) is 0 Å². The van der Waals surface area contributed by atoms with E-state index in [9.17, 15) is 4.79 Å². The molecule has 17 heavy (non-hydrogen) atoms. The van der Waals surface area contributed by atoms with Crippen molar-refractivity contribution in [2.45, 2.75) is 20.3 Å². The van der Waals surface area contributed by atoms with Crippen LogP contribution in [-0.4, -0.2) is 30.9 Å². The van der Waals surface area contributed by atoms with E-state index >= 15 is 0 Å². The van der Waals surface area contributed by atoms with E-state index in [2.05, 4.69) is 0 Å². The molecule has 0 saturated carbocycles. The summed E-state index contributed by atoms with van der Waals surface area (Å²) in [5.74, 6) is -0.192. The zero-order valence-corrected chi connectivity index (χ0v) is 10.2. The number of aryl methyl sites for hydroxylation is 1. The second-order valence-electron chi connectivity index (χ2n) is 3.68. The first-order chi connectivity index (χ1) is 8.15. The Labute approximate surface area is 101 Å². The van der Waals surface area contributed by atoms with Crippen LogP contribution in [0, 0.1) is 6.92 Å². The van der Waals surface area contributed by atoms with E-state index in [4.69, 9.17) is 14.6 Å². The van der Waals surface area contributed by atoms with Crippen molar-refractivity contribution < 1.29 is 19.4 Å². The Kier molecular flexibility index (Phi) is 5.49. The average Bonchev–Trinajstić information content (AvgIpc) is 2.30. The van der Waals surface area contributed by atoms with Crippen molar-refractivity contribution >= 4 is 5.97 Å². The summed E-state index contributed by atoms with van der Waals surface area (Å²) in [7, 11) is 0. The SMILES string of the molecule is CCOCCCOc1ccc(C(=O)O)cc1C. The van der Waals surface area contributed by atoms with Gasteiger partial charge in [0.15, 0.2) is 0 Å². The van der Waals surface area contributed by atoms with Gasteiger partial charge in [-0.2, -0.15) is 0 Å². The first-order valence-electron chi connectivity index (χ1n) is 5.69. The van der Waals surface area contributed by atoms with Gasteiger partial charge in [-0.3, -0.25) is 0 Å². The molecule has 0 aromatic heterocycles. The van der Waals surface area contributed by atoms with Crippen LogP contribution in [0.2, 0.25) is 0 Å². The lowest BCUT2D eigenvalue weighted by atomic mass is 10.1. The standard InChI is InChI=1S/C13H18O4/c1-3-16-7-4-8-17-12-6-5-11(13(14)15)9-10(12)2/h5-6,9H,3-4,7-8H2,1-2H3,(H,14,15). The Morgan fingerprint density at radius 3 is 2.71 bits per heavy atom. The molecular weight excluding hydrogens is 220 g/mol. The lowest BCUT2D eigenvalue weighted by molar-refractivity contribution is 0.0696. The summed E-state index contributed by atoms with van der Waals surface area (Å²) >= 11 is 0. The van der Waals surface area contributed by atoms with Gasteiger partial charge in [0.25, 0.3) is 0 Å². The van der Waals surface area contributed by atoms with Crippen molar-refractivity contribution in [3.63, 3.8) is 0 Å². The number of aromatic carboxylic acids is 1. The fourth-order valence-corrected chi connectivity index (χ4v) is 1.43. The molecule has 0 atom stereocenters. The minimum absolute atomic E-state index is 0.282. The summed E-state index contributed by atoms with van der Waals surface area (Å²) in [4.78, 5) is 10.7. The van der Waals surface area contributed by atoms with Gasteiger partial charge in [0, 0.05) is 19.6 Å². The smallest absolute Gasteiger partial charge is 0.335 e. The Hall–Kier alpha value is -1.55. The predicted octanol–water partition coefficient (Wildman–Crippen LogP) is 2.50. The first-order valence-corrected chi connectivity index (χ1v) is 5.69. The summed E-state index contributed by atoms with van der Waals surface area (Å²) in [5, 5.41) is 8.82. The molecule has 1 aromatic carbocycles. The zero-order chi connectivity index (χ0) is 12.7. The van der Waals surface area contributed by atoms with E-state index in [0.717, 1.165) is 17.7 Å². The highest BCUT2D eigenvalue weighted by Crippen LogP contribution is 2.19. The van der Waals surface area contributed by atoms with Crippen LogP contribution < -0.4 is 4.74 Å². The molecular formula is C13H18O4. The lowest BCUT2D eigenvalue weighted by Crippen LogP contribution is -2.04. The minimum Gasteiger partial charge on any atom is -0.493 e. The minimum atomic E-state index is -0.920. The number of rotatable bonds is 7. The van der Waals surface area contributed by atoms with Crippen LogP contribution in [0.5, 0.6) is 5.75 Å². The van der Waals surface area contributed by atoms with Crippen LogP contribution in [0.3, 0.4) is 0 Å². The molecule has 0 amide bonds. The largest absolute Gasteiger partial charge is 0.493 e. The van der Waals surface area contributed by atoms with E-state index in [-0.39, 0.29) is 5.56 Å². The summed E-state index contributed by atoms with van der Waals surface area (Å²) in [6, 6.07) is 4.85. The normalized spacial score (nSPS) is 10.2. The highest BCUT2D eigenvalue weighted by atomic mass is 16.5. The number of hydrogen-bond donors (Lipinski definition) is 1. The van der Waals surface area contributed by atoms with E-state index in [0.29, 0.717) is 19.8 Å². The van der Waals surface area contributed by atoms with Gasteiger partial charge in [-0.15, -0.1) is 0 Å². The van der Waals surface area contributed by atoms with Crippen molar-refractivity contribution in [2.75, 3.05) is 19.8 Å². The van der Waals surface area contributed by atoms with Gasteiger partial charge in [0.05, 0.1) is 12.2 Å². The molecule has 0 spiro atoms. The number of hydrogen-bond acceptors (Lipinski definition) is 3. The Bertz CT molecular complexity index is 374. The number of carboxylic acids is 1.